The molecule has 0 saturated heterocycles. The van der Waals surface area contributed by atoms with Crippen molar-refractivity contribution < 1.29 is 4.79 Å². The average molecular weight is 304 g/mol. The first-order valence-electron chi connectivity index (χ1n) is 6.64. The third kappa shape index (κ3) is 2.47. The highest BCUT2D eigenvalue weighted by atomic mass is 32.2. The van der Waals surface area contributed by atoms with Crippen molar-refractivity contribution in [2.45, 2.75) is 35.9 Å². The molecule has 3 nitrogen and oxygen atoms in total. The predicted molar refractivity (Wildman–Crippen MR) is 84.5 cm³/mol. The Morgan fingerprint density at radius 1 is 1.50 bits per heavy atom. The van der Waals surface area contributed by atoms with Gasteiger partial charge in [0.2, 0.25) is 5.91 Å². The Hall–Kier alpha value is -1.33. The van der Waals surface area contributed by atoms with Crippen molar-refractivity contribution in [1.82, 2.24) is 4.98 Å². The van der Waals surface area contributed by atoms with Gasteiger partial charge in [0, 0.05) is 23.3 Å². The Morgan fingerprint density at radius 3 is 3.05 bits per heavy atom. The fourth-order valence-corrected chi connectivity index (χ4v) is 4.39. The minimum atomic E-state index is -0.116. The van der Waals surface area contributed by atoms with Crippen molar-refractivity contribution in [3.05, 3.63) is 41.4 Å². The molecule has 1 aromatic carbocycles. The minimum absolute atomic E-state index is 0.116. The highest BCUT2D eigenvalue weighted by Gasteiger charge is 2.33. The second-order valence-electron chi connectivity index (χ2n) is 4.95. The van der Waals surface area contributed by atoms with Crippen molar-refractivity contribution in [3.8, 4) is 0 Å². The Kier molecular flexibility index (Phi) is 3.81. The zero-order chi connectivity index (χ0) is 14.1. The van der Waals surface area contributed by atoms with Gasteiger partial charge in [-0.25, -0.2) is 4.98 Å². The van der Waals surface area contributed by atoms with E-state index in [1.165, 1.54) is 17.3 Å². The monoisotopic (exact) mass is 304 g/mol. The summed E-state index contributed by atoms with van der Waals surface area (Å²) in [5, 5.41) is 1.82. The molecule has 0 spiro atoms. The summed E-state index contributed by atoms with van der Waals surface area (Å²) in [6.45, 7) is 4.07. The van der Waals surface area contributed by atoms with E-state index >= 15 is 0 Å². The number of hydrogen-bond acceptors (Lipinski definition) is 4. The molecule has 2 heterocycles. The van der Waals surface area contributed by atoms with Crippen LogP contribution in [-0.4, -0.2) is 22.2 Å². The van der Waals surface area contributed by atoms with E-state index in [2.05, 4.69) is 18.0 Å². The molecule has 1 amide bonds. The van der Waals surface area contributed by atoms with E-state index in [-0.39, 0.29) is 17.2 Å². The number of anilines is 1. The molecule has 0 radical (unpaired) electrons. The molecule has 0 bridgehead atoms. The summed E-state index contributed by atoms with van der Waals surface area (Å²) in [4.78, 5) is 18.9. The molecule has 0 fully saturated rings. The molecule has 3 rings (SSSR count). The first kappa shape index (κ1) is 13.6. The van der Waals surface area contributed by atoms with Gasteiger partial charge in [0.1, 0.15) is 0 Å². The Balaban J connectivity index is 1.80. The molecule has 2 atom stereocenters. The Bertz CT molecular complexity index is 612. The van der Waals surface area contributed by atoms with Crippen LogP contribution in [0.25, 0.3) is 0 Å². The quantitative estimate of drug-likeness (QED) is 0.812. The number of carbonyl (C=O) groups is 1. The highest BCUT2D eigenvalue weighted by molar-refractivity contribution is 8.02. The van der Waals surface area contributed by atoms with Crippen LogP contribution in [0.1, 0.15) is 19.4 Å². The second kappa shape index (κ2) is 5.58. The summed E-state index contributed by atoms with van der Waals surface area (Å²) in [6, 6.07) is 8.41. The molecule has 0 saturated carbocycles. The molecule has 1 aromatic heterocycles. The number of amides is 1. The van der Waals surface area contributed by atoms with E-state index < -0.39 is 0 Å². The number of para-hydroxylation sites is 1. The molecule has 104 valence electrons. The lowest BCUT2D eigenvalue weighted by Crippen LogP contribution is -2.40. The lowest BCUT2D eigenvalue weighted by Gasteiger charge is -2.25. The van der Waals surface area contributed by atoms with E-state index in [1.807, 2.05) is 35.4 Å². The summed E-state index contributed by atoms with van der Waals surface area (Å²) < 4.78 is 0.950. The Morgan fingerprint density at radius 2 is 2.30 bits per heavy atom. The van der Waals surface area contributed by atoms with Gasteiger partial charge >= 0.3 is 0 Å². The smallest absolute Gasteiger partial charge is 0.240 e. The zero-order valence-electron chi connectivity index (χ0n) is 11.4. The van der Waals surface area contributed by atoms with Crippen molar-refractivity contribution in [3.63, 3.8) is 0 Å². The highest BCUT2D eigenvalue weighted by Crippen LogP contribution is 2.35. The van der Waals surface area contributed by atoms with Gasteiger partial charge in [-0.3, -0.25) is 4.79 Å². The molecule has 0 N–H and O–H groups in total. The maximum absolute atomic E-state index is 12.7. The third-order valence-electron chi connectivity index (χ3n) is 3.48. The lowest BCUT2D eigenvalue weighted by atomic mass is 10.1. The minimum Gasteiger partial charge on any atom is -0.308 e. The number of thioether (sulfide) groups is 1. The van der Waals surface area contributed by atoms with Crippen molar-refractivity contribution in [2.24, 2.45) is 0 Å². The van der Waals surface area contributed by atoms with Gasteiger partial charge in [-0.1, -0.05) is 30.0 Å². The third-order valence-corrected chi connectivity index (χ3v) is 5.48. The molecule has 1 aliphatic heterocycles. The zero-order valence-corrected chi connectivity index (χ0v) is 13.1. The normalized spacial score (nSPS) is 18.9. The number of thiazole rings is 1. The van der Waals surface area contributed by atoms with Gasteiger partial charge in [0.25, 0.3) is 0 Å². The SMILES string of the molecule is CC(Sc1nccs1)C(=O)N1c2ccccc2CC1C. The first-order chi connectivity index (χ1) is 9.66. The van der Waals surface area contributed by atoms with E-state index in [0.717, 1.165) is 16.4 Å². The van der Waals surface area contributed by atoms with Crippen LogP contribution in [0.15, 0.2) is 40.2 Å². The summed E-state index contributed by atoms with van der Waals surface area (Å²) >= 11 is 3.12. The fourth-order valence-electron chi connectivity index (χ4n) is 2.57. The molecule has 5 heteroatoms. The molecular formula is C15H16N2OS2. The molecule has 20 heavy (non-hydrogen) atoms. The molecule has 2 aromatic rings. The van der Waals surface area contributed by atoms with E-state index in [0.29, 0.717) is 0 Å². The molecular weight excluding hydrogens is 288 g/mol. The number of rotatable bonds is 3. The first-order valence-corrected chi connectivity index (χ1v) is 8.40. The summed E-state index contributed by atoms with van der Waals surface area (Å²) in [6.07, 6.45) is 2.72. The van der Waals surface area contributed by atoms with Gasteiger partial charge in [0.15, 0.2) is 4.34 Å². The summed E-state index contributed by atoms with van der Waals surface area (Å²) in [7, 11) is 0. The van der Waals surface area contributed by atoms with Gasteiger partial charge in [-0.2, -0.15) is 0 Å². The van der Waals surface area contributed by atoms with Crippen LogP contribution in [-0.2, 0) is 11.2 Å². The van der Waals surface area contributed by atoms with Gasteiger partial charge in [0.05, 0.1) is 5.25 Å². The number of fused-ring (bicyclic) bond motifs is 1. The van der Waals surface area contributed by atoms with E-state index in [4.69, 9.17) is 0 Å². The molecule has 1 aliphatic rings. The van der Waals surface area contributed by atoms with Crippen molar-refractivity contribution in [2.75, 3.05) is 4.90 Å². The van der Waals surface area contributed by atoms with E-state index in [1.54, 1.807) is 17.5 Å². The van der Waals surface area contributed by atoms with Gasteiger partial charge < -0.3 is 4.90 Å². The summed E-state index contributed by atoms with van der Waals surface area (Å²) in [5.74, 6) is 0.169. The van der Waals surface area contributed by atoms with Crippen LogP contribution in [0.4, 0.5) is 5.69 Å². The number of carbonyl (C=O) groups excluding carboxylic acids is 1. The predicted octanol–water partition coefficient (Wildman–Crippen LogP) is 3.60. The maximum Gasteiger partial charge on any atom is 0.240 e. The number of aromatic nitrogens is 1. The largest absolute Gasteiger partial charge is 0.308 e. The second-order valence-corrected chi connectivity index (χ2v) is 7.43. The fraction of sp³-hybridized carbons (Fsp3) is 0.333. The lowest BCUT2D eigenvalue weighted by molar-refractivity contribution is -0.118. The number of nitrogens with zero attached hydrogens (tertiary/aromatic N) is 2. The maximum atomic E-state index is 12.7. The van der Waals surface area contributed by atoms with Crippen molar-refractivity contribution in [1.29, 1.82) is 0 Å². The Labute approximate surface area is 127 Å². The van der Waals surface area contributed by atoms with Gasteiger partial charge in [-0.05, 0) is 31.9 Å². The molecule has 2 unspecified atom stereocenters. The standard InChI is InChI=1S/C15H16N2OS2/c1-10-9-12-5-3-4-6-13(12)17(10)14(18)11(2)20-15-16-7-8-19-15/h3-8,10-11H,9H2,1-2H3. The van der Waals surface area contributed by atoms with Crippen LogP contribution in [0.5, 0.6) is 0 Å². The molecule has 0 aliphatic carbocycles. The van der Waals surface area contributed by atoms with E-state index in [9.17, 15) is 4.79 Å². The van der Waals surface area contributed by atoms with Crippen molar-refractivity contribution >= 4 is 34.7 Å². The average Bonchev–Trinajstić information content (AvgIpc) is 3.04. The van der Waals surface area contributed by atoms with Crippen LogP contribution in [0.2, 0.25) is 0 Å². The van der Waals surface area contributed by atoms with Crippen LogP contribution in [0, 0.1) is 0 Å². The van der Waals surface area contributed by atoms with Crippen LogP contribution in [0.3, 0.4) is 0 Å². The van der Waals surface area contributed by atoms with Crippen LogP contribution >= 0.6 is 23.1 Å². The number of hydrogen-bond donors (Lipinski definition) is 0. The van der Waals surface area contributed by atoms with Crippen LogP contribution < -0.4 is 4.90 Å². The van der Waals surface area contributed by atoms with Gasteiger partial charge in [-0.15, -0.1) is 11.3 Å². The topological polar surface area (TPSA) is 33.2 Å². The number of benzene rings is 1. The summed E-state index contributed by atoms with van der Waals surface area (Å²) in [5.41, 5.74) is 2.33.